The Bertz CT molecular complexity index is 661. The van der Waals surface area contributed by atoms with Crippen LogP contribution >= 0.6 is 0 Å². The number of pyridine rings is 1. The molecule has 1 aromatic heterocycles. The SMILES string of the molecule is C=C1C(C)(C)[C@@H]2CC[C@]1(C(=O)N1CCN(c3cccnc3)CC1)C2. The van der Waals surface area contributed by atoms with E-state index in [2.05, 4.69) is 41.3 Å². The lowest BCUT2D eigenvalue weighted by atomic mass is 9.68. The monoisotopic (exact) mass is 325 g/mol. The molecule has 0 aromatic carbocycles. The van der Waals surface area contributed by atoms with Crippen molar-refractivity contribution in [2.24, 2.45) is 16.7 Å². The maximum absolute atomic E-state index is 13.4. The summed E-state index contributed by atoms with van der Waals surface area (Å²) in [7, 11) is 0. The molecule has 2 heterocycles. The van der Waals surface area contributed by atoms with Gasteiger partial charge in [-0.05, 0) is 42.7 Å². The van der Waals surface area contributed by atoms with Crippen molar-refractivity contribution in [3.63, 3.8) is 0 Å². The molecule has 0 radical (unpaired) electrons. The van der Waals surface area contributed by atoms with Gasteiger partial charge >= 0.3 is 0 Å². The molecule has 4 nitrogen and oxygen atoms in total. The number of carbonyl (C=O) groups excluding carboxylic acids is 1. The van der Waals surface area contributed by atoms with Gasteiger partial charge in [-0.15, -0.1) is 0 Å². The second-order valence-electron chi connectivity index (χ2n) is 8.21. The summed E-state index contributed by atoms with van der Waals surface area (Å²) in [4.78, 5) is 22.0. The van der Waals surface area contributed by atoms with E-state index >= 15 is 0 Å². The highest BCUT2D eigenvalue weighted by molar-refractivity contribution is 5.88. The van der Waals surface area contributed by atoms with Gasteiger partial charge in [-0.2, -0.15) is 0 Å². The topological polar surface area (TPSA) is 36.4 Å². The molecule has 4 heteroatoms. The Kier molecular flexibility index (Phi) is 3.48. The fraction of sp³-hybridized carbons (Fsp3) is 0.600. The predicted octanol–water partition coefficient (Wildman–Crippen LogP) is 3.11. The van der Waals surface area contributed by atoms with Crippen LogP contribution in [-0.2, 0) is 4.79 Å². The van der Waals surface area contributed by atoms with Crippen LogP contribution in [0.25, 0.3) is 0 Å². The van der Waals surface area contributed by atoms with Gasteiger partial charge in [0.15, 0.2) is 0 Å². The highest BCUT2D eigenvalue weighted by atomic mass is 16.2. The van der Waals surface area contributed by atoms with E-state index in [1.165, 1.54) is 12.0 Å². The van der Waals surface area contributed by atoms with Crippen molar-refractivity contribution in [1.82, 2.24) is 9.88 Å². The normalized spacial score (nSPS) is 31.6. The molecule has 24 heavy (non-hydrogen) atoms. The van der Waals surface area contributed by atoms with Crippen LogP contribution in [0.1, 0.15) is 33.1 Å². The quantitative estimate of drug-likeness (QED) is 0.784. The first-order valence-electron chi connectivity index (χ1n) is 9.09. The molecule has 0 unspecified atom stereocenters. The number of piperazine rings is 1. The fourth-order valence-corrected chi connectivity index (χ4v) is 5.13. The van der Waals surface area contributed by atoms with Crippen LogP contribution in [0.3, 0.4) is 0 Å². The van der Waals surface area contributed by atoms with Crippen LogP contribution < -0.4 is 4.90 Å². The Morgan fingerprint density at radius 2 is 2.04 bits per heavy atom. The van der Waals surface area contributed by atoms with Crippen LogP contribution in [0.5, 0.6) is 0 Å². The Hall–Kier alpha value is -1.84. The smallest absolute Gasteiger partial charge is 0.233 e. The molecular formula is C20H27N3O. The van der Waals surface area contributed by atoms with Gasteiger partial charge < -0.3 is 9.80 Å². The molecule has 1 aromatic rings. The number of hydrogen-bond acceptors (Lipinski definition) is 3. The number of aromatic nitrogens is 1. The summed E-state index contributed by atoms with van der Waals surface area (Å²) >= 11 is 0. The minimum Gasteiger partial charge on any atom is -0.367 e. The molecule has 2 bridgehead atoms. The fourth-order valence-electron chi connectivity index (χ4n) is 5.13. The van der Waals surface area contributed by atoms with Gasteiger partial charge in [0.1, 0.15) is 0 Å². The number of anilines is 1. The molecule has 2 atom stereocenters. The zero-order valence-electron chi connectivity index (χ0n) is 14.8. The summed E-state index contributed by atoms with van der Waals surface area (Å²) in [5.74, 6) is 0.969. The first-order chi connectivity index (χ1) is 11.4. The van der Waals surface area contributed by atoms with E-state index in [0.717, 1.165) is 44.7 Å². The van der Waals surface area contributed by atoms with E-state index in [4.69, 9.17) is 0 Å². The van der Waals surface area contributed by atoms with Crippen LogP contribution in [0.15, 0.2) is 36.7 Å². The van der Waals surface area contributed by atoms with E-state index in [0.29, 0.717) is 11.8 Å². The maximum atomic E-state index is 13.4. The van der Waals surface area contributed by atoms with Gasteiger partial charge in [0, 0.05) is 32.4 Å². The van der Waals surface area contributed by atoms with Gasteiger partial charge in [0.25, 0.3) is 0 Å². The van der Waals surface area contributed by atoms with Gasteiger partial charge in [0.2, 0.25) is 5.91 Å². The van der Waals surface area contributed by atoms with Crippen molar-refractivity contribution >= 4 is 11.6 Å². The molecule has 1 amide bonds. The molecule has 0 N–H and O–H groups in total. The molecule has 3 aliphatic rings. The molecular weight excluding hydrogens is 298 g/mol. The standard InChI is InChI=1S/C20H27N3O/c1-15-19(2,3)16-6-7-20(15,13-16)18(24)23-11-9-22(10-12-23)17-5-4-8-21-14-17/h4-5,8,14,16H,1,6-7,9-13H2,2-3H3/t16-,20+/m1/s1. The number of rotatable bonds is 2. The summed E-state index contributed by atoms with van der Waals surface area (Å²) in [6, 6.07) is 4.06. The summed E-state index contributed by atoms with van der Waals surface area (Å²) in [5, 5.41) is 0. The Balaban J connectivity index is 1.47. The summed E-state index contributed by atoms with van der Waals surface area (Å²) in [6.07, 6.45) is 6.89. The second-order valence-corrected chi connectivity index (χ2v) is 8.21. The van der Waals surface area contributed by atoms with Crippen LogP contribution in [0.2, 0.25) is 0 Å². The lowest BCUT2D eigenvalue weighted by Crippen LogP contribution is -2.53. The van der Waals surface area contributed by atoms with Crippen molar-refractivity contribution < 1.29 is 4.79 Å². The van der Waals surface area contributed by atoms with Crippen molar-refractivity contribution in [3.8, 4) is 0 Å². The van der Waals surface area contributed by atoms with E-state index in [1.54, 1.807) is 6.20 Å². The molecule has 3 fully saturated rings. The molecule has 2 saturated carbocycles. The highest BCUT2D eigenvalue weighted by Crippen LogP contribution is 2.65. The van der Waals surface area contributed by atoms with Crippen LogP contribution in [0, 0.1) is 16.7 Å². The third-order valence-electron chi connectivity index (χ3n) is 6.88. The Morgan fingerprint density at radius 3 is 2.62 bits per heavy atom. The molecule has 0 spiro atoms. The van der Waals surface area contributed by atoms with Crippen LogP contribution in [0.4, 0.5) is 5.69 Å². The van der Waals surface area contributed by atoms with Gasteiger partial charge in [0.05, 0.1) is 17.3 Å². The van der Waals surface area contributed by atoms with Crippen molar-refractivity contribution in [1.29, 1.82) is 0 Å². The van der Waals surface area contributed by atoms with Crippen molar-refractivity contribution in [2.75, 3.05) is 31.1 Å². The minimum atomic E-state index is -0.273. The molecule has 1 saturated heterocycles. The Labute approximate surface area is 144 Å². The number of amides is 1. The maximum Gasteiger partial charge on any atom is 0.233 e. The summed E-state index contributed by atoms with van der Waals surface area (Å²) in [5.41, 5.74) is 2.18. The lowest BCUT2D eigenvalue weighted by molar-refractivity contribution is -0.140. The third-order valence-corrected chi connectivity index (χ3v) is 6.88. The number of carbonyl (C=O) groups is 1. The van der Waals surface area contributed by atoms with E-state index < -0.39 is 0 Å². The van der Waals surface area contributed by atoms with Crippen LogP contribution in [-0.4, -0.2) is 42.0 Å². The second kappa shape index (κ2) is 5.33. The number of fused-ring (bicyclic) bond motifs is 2. The molecule has 4 rings (SSSR count). The molecule has 128 valence electrons. The average Bonchev–Trinajstić information content (AvgIpc) is 3.14. The van der Waals surface area contributed by atoms with Gasteiger partial charge in [-0.3, -0.25) is 9.78 Å². The number of nitrogens with zero attached hydrogens (tertiary/aromatic N) is 3. The number of hydrogen-bond donors (Lipinski definition) is 0. The zero-order chi connectivity index (χ0) is 16.9. The average molecular weight is 325 g/mol. The minimum absolute atomic E-state index is 0.117. The van der Waals surface area contributed by atoms with E-state index in [1.807, 2.05) is 12.3 Å². The van der Waals surface area contributed by atoms with Crippen molar-refractivity contribution in [2.45, 2.75) is 33.1 Å². The summed E-state index contributed by atoms with van der Waals surface area (Å²) in [6.45, 7) is 12.3. The predicted molar refractivity (Wildman–Crippen MR) is 95.7 cm³/mol. The summed E-state index contributed by atoms with van der Waals surface area (Å²) < 4.78 is 0. The molecule has 1 aliphatic heterocycles. The lowest BCUT2D eigenvalue weighted by Gasteiger charge is -2.42. The zero-order valence-corrected chi connectivity index (χ0v) is 14.8. The van der Waals surface area contributed by atoms with Crippen molar-refractivity contribution in [3.05, 3.63) is 36.7 Å². The first-order valence-corrected chi connectivity index (χ1v) is 9.09. The largest absolute Gasteiger partial charge is 0.367 e. The van der Waals surface area contributed by atoms with E-state index in [-0.39, 0.29) is 10.8 Å². The molecule has 2 aliphatic carbocycles. The first kappa shape index (κ1) is 15.7. The third kappa shape index (κ3) is 2.11. The Morgan fingerprint density at radius 1 is 1.29 bits per heavy atom. The highest BCUT2D eigenvalue weighted by Gasteiger charge is 2.61. The van der Waals surface area contributed by atoms with Gasteiger partial charge in [-0.1, -0.05) is 26.0 Å². The van der Waals surface area contributed by atoms with E-state index in [9.17, 15) is 4.79 Å². The van der Waals surface area contributed by atoms with Gasteiger partial charge in [-0.25, -0.2) is 0 Å².